The quantitative estimate of drug-likeness (QED) is 0.706. The van der Waals surface area contributed by atoms with Gasteiger partial charge in [-0.05, 0) is 60.1 Å². The van der Waals surface area contributed by atoms with Crippen LogP contribution in [0.2, 0.25) is 0 Å². The molecule has 0 aliphatic carbocycles. The molecule has 1 aliphatic rings. The van der Waals surface area contributed by atoms with Crippen LogP contribution in [0.4, 0.5) is 0 Å². The first-order valence-corrected chi connectivity index (χ1v) is 9.18. The minimum absolute atomic E-state index is 0.469. The zero-order valence-corrected chi connectivity index (χ0v) is 16.5. The number of hydrogen-bond acceptors (Lipinski definition) is 5. The van der Waals surface area contributed by atoms with E-state index in [9.17, 15) is 0 Å². The largest absolute Gasteiger partial charge is 0.493 e. The molecule has 0 bridgehead atoms. The lowest BCUT2D eigenvalue weighted by Crippen LogP contribution is -2.17. The summed E-state index contributed by atoms with van der Waals surface area (Å²) in [6.07, 6.45) is 1.91. The van der Waals surface area contributed by atoms with Gasteiger partial charge < -0.3 is 23.7 Å². The fourth-order valence-corrected chi connectivity index (χ4v) is 3.71. The Hall–Kier alpha value is -2.40. The second-order valence-electron chi connectivity index (χ2n) is 6.84. The summed E-state index contributed by atoms with van der Waals surface area (Å²) in [6.45, 7) is 1.57. The Morgan fingerprint density at radius 2 is 1.07 bits per heavy atom. The van der Waals surface area contributed by atoms with Crippen molar-refractivity contribution in [1.82, 2.24) is 0 Å². The van der Waals surface area contributed by atoms with Gasteiger partial charge in [0.25, 0.3) is 0 Å². The van der Waals surface area contributed by atoms with E-state index in [1.807, 2.05) is 12.1 Å². The van der Waals surface area contributed by atoms with Gasteiger partial charge >= 0.3 is 0 Å². The lowest BCUT2D eigenvalue weighted by molar-refractivity contribution is 0.180. The third-order valence-electron chi connectivity index (χ3n) is 5.22. The molecule has 146 valence electrons. The highest BCUT2D eigenvalue weighted by molar-refractivity contribution is 5.44. The molecular formula is C22H28O5. The molecule has 3 rings (SSSR count). The van der Waals surface area contributed by atoms with Crippen molar-refractivity contribution in [2.45, 2.75) is 12.8 Å². The molecule has 0 N–H and O–H groups in total. The molecule has 5 nitrogen and oxygen atoms in total. The van der Waals surface area contributed by atoms with E-state index in [0.717, 1.165) is 49.1 Å². The lowest BCUT2D eigenvalue weighted by Gasteiger charge is -2.19. The number of methoxy groups -OCH3 is 4. The van der Waals surface area contributed by atoms with E-state index in [-0.39, 0.29) is 0 Å². The van der Waals surface area contributed by atoms with Gasteiger partial charge in [0.15, 0.2) is 23.0 Å². The molecule has 0 radical (unpaired) electrons. The van der Waals surface area contributed by atoms with Crippen molar-refractivity contribution in [3.8, 4) is 23.0 Å². The first kappa shape index (κ1) is 19.4. The van der Waals surface area contributed by atoms with Crippen molar-refractivity contribution >= 4 is 0 Å². The van der Waals surface area contributed by atoms with E-state index in [1.165, 1.54) is 11.1 Å². The molecule has 2 aromatic rings. The Morgan fingerprint density at radius 1 is 0.667 bits per heavy atom. The number of hydrogen-bond donors (Lipinski definition) is 0. The summed E-state index contributed by atoms with van der Waals surface area (Å²) in [6, 6.07) is 12.3. The van der Waals surface area contributed by atoms with Crippen LogP contribution in [0.3, 0.4) is 0 Å². The average molecular weight is 372 g/mol. The fourth-order valence-electron chi connectivity index (χ4n) is 3.71. The Labute approximate surface area is 161 Å². The van der Waals surface area contributed by atoms with E-state index in [4.69, 9.17) is 23.7 Å². The second kappa shape index (κ2) is 9.00. The Bertz CT molecular complexity index is 695. The fraction of sp³-hybridized carbons (Fsp3) is 0.455. The van der Waals surface area contributed by atoms with Gasteiger partial charge in [-0.1, -0.05) is 12.1 Å². The molecule has 1 heterocycles. The van der Waals surface area contributed by atoms with Gasteiger partial charge in [-0.25, -0.2) is 0 Å². The molecule has 2 atom stereocenters. The summed E-state index contributed by atoms with van der Waals surface area (Å²) < 4.78 is 27.3. The predicted molar refractivity (Wildman–Crippen MR) is 104 cm³/mol. The molecule has 2 unspecified atom stereocenters. The smallest absolute Gasteiger partial charge is 0.160 e. The normalized spacial score (nSPS) is 19.0. The van der Waals surface area contributed by atoms with Crippen LogP contribution in [0.1, 0.15) is 11.1 Å². The van der Waals surface area contributed by atoms with Gasteiger partial charge in [0, 0.05) is 0 Å². The van der Waals surface area contributed by atoms with Crippen LogP contribution in [0, 0.1) is 11.8 Å². The van der Waals surface area contributed by atoms with Gasteiger partial charge in [0.05, 0.1) is 41.7 Å². The van der Waals surface area contributed by atoms with E-state index < -0.39 is 0 Å². The monoisotopic (exact) mass is 372 g/mol. The molecule has 1 saturated heterocycles. The van der Waals surface area contributed by atoms with Crippen LogP contribution in [-0.2, 0) is 17.6 Å². The molecule has 5 heteroatoms. The molecule has 1 fully saturated rings. The minimum atomic E-state index is 0.469. The standard InChI is InChI=1S/C22H28O5/c1-23-19-7-5-15(11-21(19)25-3)9-17-13-27-14-18(17)10-16-6-8-20(24-2)22(12-16)26-4/h5-8,11-12,17-18H,9-10,13-14H2,1-4H3. The van der Waals surface area contributed by atoms with Crippen molar-refractivity contribution in [3.05, 3.63) is 47.5 Å². The predicted octanol–water partition coefficient (Wildman–Crippen LogP) is 3.77. The van der Waals surface area contributed by atoms with Gasteiger partial charge in [-0.3, -0.25) is 0 Å². The molecule has 0 spiro atoms. The number of ether oxygens (including phenoxy) is 5. The average Bonchev–Trinajstić information content (AvgIpc) is 3.14. The molecule has 0 saturated carbocycles. The summed E-state index contributed by atoms with van der Waals surface area (Å²) in [4.78, 5) is 0. The Kier molecular flexibility index (Phi) is 6.45. The lowest BCUT2D eigenvalue weighted by atomic mass is 9.85. The summed E-state index contributed by atoms with van der Waals surface area (Å²) in [5.74, 6) is 3.99. The maximum absolute atomic E-state index is 5.81. The highest BCUT2D eigenvalue weighted by Crippen LogP contribution is 2.34. The molecular weight excluding hydrogens is 344 g/mol. The highest BCUT2D eigenvalue weighted by atomic mass is 16.5. The van der Waals surface area contributed by atoms with Crippen LogP contribution in [0.15, 0.2) is 36.4 Å². The van der Waals surface area contributed by atoms with Crippen LogP contribution in [-0.4, -0.2) is 41.7 Å². The Morgan fingerprint density at radius 3 is 1.44 bits per heavy atom. The van der Waals surface area contributed by atoms with Crippen LogP contribution in [0.25, 0.3) is 0 Å². The van der Waals surface area contributed by atoms with Crippen molar-refractivity contribution in [1.29, 1.82) is 0 Å². The maximum atomic E-state index is 5.81. The van der Waals surface area contributed by atoms with Crippen LogP contribution < -0.4 is 18.9 Å². The Balaban J connectivity index is 1.70. The van der Waals surface area contributed by atoms with Crippen LogP contribution in [0.5, 0.6) is 23.0 Å². The van der Waals surface area contributed by atoms with E-state index in [1.54, 1.807) is 28.4 Å². The second-order valence-corrected chi connectivity index (χ2v) is 6.84. The topological polar surface area (TPSA) is 46.2 Å². The highest BCUT2D eigenvalue weighted by Gasteiger charge is 2.29. The zero-order chi connectivity index (χ0) is 19.2. The summed E-state index contributed by atoms with van der Waals surface area (Å²) >= 11 is 0. The summed E-state index contributed by atoms with van der Waals surface area (Å²) in [5.41, 5.74) is 2.47. The molecule has 27 heavy (non-hydrogen) atoms. The third-order valence-corrected chi connectivity index (χ3v) is 5.22. The number of rotatable bonds is 8. The van der Waals surface area contributed by atoms with Crippen molar-refractivity contribution in [3.63, 3.8) is 0 Å². The molecule has 2 aromatic carbocycles. The van der Waals surface area contributed by atoms with E-state index in [2.05, 4.69) is 24.3 Å². The SMILES string of the molecule is COc1ccc(CC2COCC2Cc2ccc(OC)c(OC)c2)cc1OC. The van der Waals surface area contributed by atoms with Crippen molar-refractivity contribution in [2.75, 3.05) is 41.7 Å². The van der Waals surface area contributed by atoms with Gasteiger partial charge in [0.1, 0.15) is 0 Å². The zero-order valence-electron chi connectivity index (χ0n) is 16.5. The van der Waals surface area contributed by atoms with Gasteiger partial charge in [-0.2, -0.15) is 0 Å². The molecule has 0 aromatic heterocycles. The van der Waals surface area contributed by atoms with Crippen molar-refractivity contribution in [2.24, 2.45) is 11.8 Å². The summed E-state index contributed by atoms with van der Waals surface area (Å²) in [7, 11) is 6.64. The van der Waals surface area contributed by atoms with Crippen LogP contribution >= 0.6 is 0 Å². The van der Waals surface area contributed by atoms with E-state index in [0.29, 0.717) is 11.8 Å². The van der Waals surface area contributed by atoms with Crippen molar-refractivity contribution < 1.29 is 23.7 Å². The summed E-state index contributed by atoms with van der Waals surface area (Å²) in [5, 5.41) is 0. The molecule has 1 aliphatic heterocycles. The first-order valence-electron chi connectivity index (χ1n) is 9.18. The third kappa shape index (κ3) is 4.48. The molecule has 0 amide bonds. The minimum Gasteiger partial charge on any atom is -0.493 e. The first-order chi connectivity index (χ1) is 13.2. The van der Waals surface area contributed by atoms with Gasteiger partial charge in [0.2, 0.25) is 0 Å². The number of benzene rings is 2. The maximum Gasteiger partial charge on any atom is 0.160 e. The van der Waals surface area contributed by atoms with E-state index >= 15 is 0 Å². The van der Waals surface area contributed by atoms with Gasteiger partial charge in [-0.15, -0.1) is 0 Å².